The maximum absolute atomic E-state index is 5.45. The lowest BCUT2D eigenvalue weighted by molar-refractivity contribution is 0.0704. The number of hydrogen-bond donors (Lipinski definition) is 1. The van der Waals surface area contributed by atoms with E-state index in [0.717, 1.165) is 31.0 Å². The normalized spacial score (nSPS) is 29.9. The van der Waals surface area contributed by atoms with E-state index in [4.69, 9.17) is 6.42 Å². The fourth-order valence-corrected chi connectivity index (χ4v) is 2.60. The second kappa shape index (κ2) is 5.01. The lowest BCUT2D eigenvalue weighted by Crippen LogP contribution is -2.51. The molecule has 2 heteroatoms. The van der Waals surface area contributed by atoms with E-state index < -0.39 is 0 Å². The quantitative estimate of drug-likeness (QED) is 0.660. The molecule has 2 unspecified atom stereocenters. The Balaban J connectivity index is 1.83. The van der Waals surface area contributed by atoms with Gasteiger partial charge in [0.1, 0.15) is 0 Å². The van der Waals surface area contributed by atoms with Crippen LogP contribution in [0.4, 0.5) is 0 Å². The topological polar surface area (TPSA) is 15.3 Å². The zero-order chi connectivity index (χ0) is 10.7. The average Bonchev–Trinajstić information content (AvgIpc) is 2.96. The molecule has 2 aliphatic carbocycles. The predicted molar refractivity (Wildman–Crippen MR) is 63.6 cm³/mol. The van der Waals surface area contributed by atoms with Gasteiger partial charge in [0.05, 0.1) is 6.54 Å². The minimum Gasteiger partial charge on any atom is -0.319 e. The van der Waals surface area contributed by atoms with Crippen LogP contribution in [0.3, 0.4) is 0 Å². The van der Waals surface area contributed by atoms with Gasteiger partial charge in [0, 0.05) is 12.6 Å². The van der Waals surface area contributed by atoms with Gasteiger partial charge in [-0.2, -0.15) is 0 Å². The fraction of sp³-hybridized carbons (Fsp3) is 0.846. The van der Waals surface area contributed by atoms with Gasteiger partial charge in [-0.25, -0.2) is 0 Å². The molecule has 2 aliphatic rings. The van der Waals surface area contributed by atoms with E-state index in [1.54, 1.807) is 0 Å². The van der Waals surface area contributed by atoms with Crippen LogP contribution >= 0.6 is 0 Å². The van der Waals surface area contributed by atoms with Gasteiger partial charge in [0.25, 0.3) is 0 Å². The van der Waals surface area contributed by atoms with Crippen molar-refractivity contribution in [1.29, 1.82) is 0 Å². The van der Waals surface area contributed by atoms with Crippen LogP contribution in [0, 0.1) is 24.2 Å². The highest BCUT2D eigenvalue weighted by atomic mass is 15.2. The standard InChI is InChI=1S/C13H22N2/c1-3-8-15(10-11-4-5-11)13-7-6-12(13)9-14-2/h1,11-14H,4-10H2,2H3. The van der Waals surface area contributed by atoms with Crippen LogP contribution < -0.4 is 5.32 Å². The highest BCUT2D eigenvalue weighted by molar-refractivity contribution is 4.97. The first-order valence-electron chi connectivity index (χ1n) is 6.17. The Morgan fingerprint density at radius 3 is 2.60 bits per heavy atom. The molecule has 2 atom stereocenters. The molecule has 0 aromatic rings. The Labute approximate surface area is 93.4 Å². The van der Waals surface area contributed by atoms with Gasteiger partial charge >= 0.3 is 0 Å². The molecule has 2 fully saturated rings. The summed E-state index contributed by atoms with van der Waals surface area (Å²) < 4.78 is 0. The highest BCUT2D eigenvalue weighted by Crippen LogP contribution is 2.36. The number of hydrogen-bond acceptors (Lipinski definition) is 2. The zero-order valence-corrected chi connectivity index (χ0v) is 9.71. The molecule has 0 radical (unpaired) electrons. The summed E-state index contributed by atoms with van der Waals surface area (Å²) in [6.07, 6.45) is 11.0. The minimum atomic E-state index is 0.758. The second-order valence-corrected chi connectivity index (χ2v) is 5.04. The number of nitrogens with one attached hydrogen (secondary N) is 1. The molecule has 0 aromatic carbocycles. The third-order valence-electron chi connectivity index (χ3n) is 3.80. The van der Waals surface area contributed by atoms with E-state index in [1.807, 2.05) is 7.05 Å². The maximum atomic E-state index is 5.45. The summed E-state index contributed by atoms with van der Waals surface area (Å²) in [5.74, 6) is 4.61. The third-order valence-corrected chi connectivity index (χ3v) is 3.80. The Hall–Kier alpha value is -0.520. The Morgan fingerprint density at radius 2 is 2.13 bits per heavy atom. The first-order valence-corrected chi connectivity index (χ1v) is 6.17. The molecule has 0 spiro atoms. The monoisotopic (exact) mass is 206 g/mol. The average molecular weight is 206 g/mol. The zero-order valence-electron chi connectivity index (χ0n) is 9.71. The van der Waals surface area contributed by atoms with Crippen molar-refractivity contribution in [2.24, 2.45) is 11.8 Å². The van der Waals surface area contributed by atoms with E-state index in [1.165, 1.54) is 32.2 Å². The summed E-state index contributed by atoms with van der Waals surface area (Å²) in [4.78, 5) is 2.54. The molecule has 2 nitrogen and oxygen atoms in total. The lowest BCUT2D eigenvalue weighted by Gasteiger charge is -2.44. The van der Waals surface area contributed by atoms with E-state index in [0.29, 0.717) is 0 Å². The van der Waals surface area contributed by atoms with Crippen LogP contribution in [0.2, 0.25) is 0 Å². The van der Waals surface area contributed by atoms with Crippen LogP contribution in [-0.4, -0.2) is 37.6 Å². The van der Waals surface area contributed by atoms with E-state index in [-0.39, 0.29) is 0 Å². The van der Waals surface area contributed by atoms with Gasteiger partial charge in [0.15, 0.2) is 0 Å². The lowest BCUT2D eigenvalue weighted by atomic mass is 9.78. The molecule has 2 saturated carbocycles. The van der Waals surface area contributed by atoms with Crippen molar-refractivity contribution in [1.82, 2.24) is 10.2 Å². The van der Waals surface area contributed by atoms with Gasteiger partial charge in [-0.15, -0.1) is 6.42 Å². The first kappa shape index (κ1) is 11.0. The van der Waals surface area contributed by atoms with Crippen LogP contribution in [0.25, 0.3) is 0 Å². The second-order valence-electron chi connectivity index (χ2n) is 5.04. The van der Waals surface area contributed by atoms with Crippen molar-refractivity contribution in [2.45, 2.75) is 31.7 Å². The van der Waals surface area contributed by atoms with Crippen LogP contribution in [0.15, 0.2) is 0 Å². The molecular formula is C13H22N2. The van der Waals surface area contributed by atoms with Gasteiger partial charge in [-0.1, -0.05) is 5.92 Å². The van der Waals surface area contributed by atoms with Gasteiger partial charge < -0.3 is 5.32 Å². The van der Waals surface area contributed by atoms with E-state index in [9.17, 15) is 0 Å². The van der Waals surface area contributed by atoms with Gasteiger partial charge in [-0.05, 0) is 51.1 Å². The van der Waals surface area contributed by atoms with Gasteiger partial charge in [-0.3, -0.25) is 4.90 Å². The third kappa shape index (κ3) is 2.74. The maximum Gasteiger partial charge on any atom is 0.0601 e. The molecule has 0 heterocycles. The largest absolute Gasteiger partial charge is 0.319 e. The number of nitrogens with zero attached hydrogens (tertiary/aromatic N) is 1. The van der Waals surface area contributed by atoms with Crippen molar-refractivity contribution >= 4 is 0 Å². The number of rotatable bonds is 6. The smallest absolute Gasteiger partial charge is 0.0601 e. The van der Waals surface area contributed by atoms with Gasteiger partial charge in [0.2, 0.25) is 0 Å². The van der Waals surface area contributed by atoms with Crippen molar-refractivity contribution in [3.05, 3.63) is 0 Å². The molecule has 0 aliphatic heterocycles. The fourth-order valence-electron chi connectivity index (χ4n) is 2.60. The summed E-state index contributed by atoms with van der Waals surface area (Å²) >= 11 is 0. The summed E-state index contributed by atoms with van der Waals surface area (Å²) in [5.41, 5.74) is 0. The predicted octanol–water partition coefficient (Wildman–Crippen LogP) is 1.33. The molecule has 2 rings (SSSR count). The molecular weight excluding hydrogens is 184 g/mol. The highest BCUT2D eigenvalue weighted by Gasteiger charge is 2.36. The van der Waals surface area contributed by atoms with Crippen molar-refractivity contribution in [3.8, 4) is 12.3 Å². The molecule has 1 N–H and O–H groups in total. The minimum absolute atomic E-state index is 0.758. The van der Waals surface area contributed by atoms with Crippen LogP contribution in [0.1, 0.15) is 25.7 Å². The number of terminal acetylenes is 1. The summed E-state index contributed by atoms with van der Waals surface area (Å²) in [5, 5.41) is 3.29. The molecule has 0 amide bonds. The molecule has 0 bridgehead atoms. The SMILES string of the molecule is C#CCN(CC1CC1)C1CCC1CNC. The molecule has 0 saturated heterocycles. The van der Waals surface area contributed by atoms with Crippen LogP contribution in [-0.2, 0) is 0 Å². The van der Waals surface area contributed by atoms with Crippen molar-refractivity contribution < 1.29 is 0 Å². The summed E-state index contributed by atoms with van der Waals surface area (Å²) in [7, 11) is 2.04. The van der Waals surface area contributed by atoms with Crippen LogP contribution in [0.5, 0.6) is 0 Å². The van der Waals surface area contributed by atoms with E-state index >= 15 is 0 Å². The molecule has 15 heavy (non-hydrogen) atoms. The summed E-state index contributed by atoms with van der Waals surface area (Å²) in [6, 6.07) is 0.758. The Morgan fingerprint density at radius 1 is 1.33 bits per heavy atom. The van der Waals surface area contributed by atoms with Crippen molar-refractivity contribution in [2.75, 3.05) is 26.7 Å². The molecule has 84 valence electrons. The summed E-state index contributed by atoms with van der Waals surface area (Å²) in [6.45, 7) is 3.24. The Bertz CT molecular complexity index is 239. The Kier molecular flexibility index (Phi) is 3.66. The van der Waals surface area contributed by atoms with E-state index in [2.05, 4.69) is 16.1 Å². The van der Waals surface area contributed by atoms with Crippen molar-refractivity contribution in [3.63, 3.8) is 0 Å². The molecule has 0 aromatic heterocycles. The first-order chi connectivity index (χ1) is 7.35.